The second-order valence-electron chi connectivity index (χ2n) is 6.17. The van der Waals surface area contributed by atoms with Crippen molar-refractivity contribution in [3.8, 4) is 0 Å². The van der Waals surface area contributed by atoms with Gasteiger partial charge in [-0.2, -0.15) is 0 Å². The molecule has 1 saturated heterocycles. The zero-order chi connectivity index (χ0) is 14.1. The lowest BCUT2D eigenvalue weighted by Gasteiger charge is -2.39. The number of aromatic amines is 1. The molecule has 2 fully saturated rings. The van der Waals surface area contributed by atoms with Crippen molar-refractivity contribution in [1.82, 2.24) is 19.4 Å². The highest BCUT2D eigenvalue weighted by atomic mass is 16.5. The number of imidazole rings is 1. The van der Waals surface area contributed by atoms with E-state index in [0.717, 1.165) is 26.2 Å². The fraction of sp³-hybridized carbons (Fsp3) is 0.562. The summed E-state index contributed by atoms with van der Waals surface area (Å²) in [5.74, 6) is 0.607. The van der Waals surface area contributed by atoms with E-state index in [4.69, 9.17) is 4.74 Å². The summed E-state index contributed by atoms with van der Waals surface area (Å²) in [7, 11) is 0. The molecule has 112 valence electrons. The summed E-state index contributed by atoms with van der Waals surface area (Å²) >= 11 is 0. The number of H-pyrrole nitrogens is 1. The van der Waals surface area contributed by atoms with Gasteiger partial charge in [-0.15, -0.1) is 0 Å². The minimum Gasteiger partial charge on any atom is -0.375 e. The largest absolute Gasteiger partial charge is 0.375 e. The minimum atomic E-state index is 0.371. The summed E-state index contributed by atoms with van der Waals surface area (Å²) < 4.78 is 8.31. The van der Waals surface area contributed by atoms with Crippen LogP contribution in [0.5, 0.6) is 0 Å². The third-order valence-corrected chi connectivity index (χ3v) is 4.88. The number of ether oxygens (including phenoxy) is 1. The maximum Gasteiger partial charge on any atom is 0.0946 e. The van der Waals surface area contributed by atoms with E-state index in [0.29, 0.717) is 18.1 Å². The molecule has 2 aromatic rings. The van der Waals surface area contributed by atoms with Crippen molar-refractivity contribution < 1.29 is 4.74 Å². The van der Waals surface area contributed by atoms with Gasteiger partial charge < -0.3 is 14.3 Å². The van der Waals surface area contributed by atoms with Gasteiger partial charge in [-0.1, -0.05) is 0 Å². The molecule has 21 heavy (non-hydrogen) atoms. The van der Waals surface area contributed by atoms with Gasteiger partial charge in [-0.05, 0) is 25.0 Å². The highest BCUT2D eigenvalue weighted by molar-refractivity contribution is 5.05. The summed E-state index contributed by atoms with van der Waals surface area (Å²) in [6.07, 6.45) is 10.7. The number of nitrogens with one attached hydrogen (secondary N) is 1. The van der Waals surface area contributed by atoms with Crippen LogP contribution in [0.4, 0.5) is 0 Å². The highest BCUT2D eigenvalue weighted by Crippen LogP contribution is 2.36. The molecule has 1 aliphatic heterocycles. The lowest BCUT2D eigenvalue weighted by molar-refractivity contribution is -0.0788. The van der Waals surface area contributed by atoms with Crippen molar-refractivity contribution >= 4 is 0 Å². The molecule has 3 heterocycles. The summed E-state index contributed by atoms with van der Waals surface area (Å²) in [5, 5.41) is 0. The Morgan fingerprint density at radius 3 is 3.19 bits per heavy atom. The van der Waals surface area contributed by atoms with E-state index in [-0.39, 0.29) is 0 Å². The molecule has 1 N–H and O–H groups in total. The van der Waals surface area contributed by atoms with E-state index in [1.54, 1.807) is 0 Å². The Kier molecular flexibility index (Phi) is 3.53. The molecule has 5 heteroatoms. The van der Waals surface area contributed by atoms with Gasteiger partial charge in [0.05, 0.1) is 19.0 Å². The number of morpholine rings is 1. The van der Waals surface area contributed by atoms with Crippen LogP contribution in [0.15, 0.2) is 37.1 Å². The fourth-order valence-electron chi connectivity index (χ4n) is 3.88. The highest BCUT2D eigenvalue weighted by Gasteiger charge is 2.42. The third kappa shape index (κ3) is 2.63. The lowest BCUT2D eigenvalue weighted by atomic mass is 10.0. The van der Waals surface area contributed by atoms with Crippen LogP contribution in [-0.2, 0) is 17.8 Å². The second-order valence-corrected chi connectivity index (χ2v) is 6.17. The van der Waals surface area contributed by atoms with Crippen LogP contribution in [-0.4, -0.2) is 44.7 Å². The molecule has 2 aliphatic rings. The van der Waals surface area contributed by atoms with Gasteiger partial charge in [0.1, 0.15) is 0 Å². The Morgan fingerprint density at radius 1 is 1.38 bits per heavy atom. The topological polar surface area (TPSA) is 46.1 Å². The minimum absolute atomic E-state index is 0.371. The van der Waals surface area contributed by atoms with E-state index in [2.05, 4.69) is 31.6 Å². The van der Waals surface area contributed by atoms with E-state index in [1.807, 2.05) is 24.9 Å². The number of nitrogens with zero attached hydrogens (tertiary/aromatic N) is 3. The standard InChI is InChI=1S/C16H22N4O/c1-2-14(18-5-1)11-20-8-9-21-16-13(3-4-15(16)20)10-19-7-6-17-12-19/h1-2,5-7,12-13,15-16,18H,3-4,8-11H2. The van der Waals surface area contributed by atoms with E-state index in [9.17, 15) is 0 Å². The molecule has 3 atom stereocenters. The first-order chi connectivity index (χ1) is 10.4. The Labute approximate surface area is 124 Å². The normalized spacial score (nSPS) is 29.6. The Morgan fingerprint density at radius 2 is 2.38 bits per heavy atom. The molecule has 1 saturated carbocycles. The first-order valence-corrected chi connectivity index (χ1v) is 7.84. The van der Waals surface area contributed by atoms with Gasteiger partial charge in [0.25, 0.3) is 0 Å². The van der Waals surface area contributed by atoms with Crippen LogP contribution in [0.3, 0.4) is 0 Å². The van der Waals surface area contributed by atoms with Gasteiger partial charge in [-0.25, -0.2) is 4.98 Å². The molecule has 0 spiro atoms. The predicted molar refractivity (Wildman–Crippen MR) is 79.7 cm³/mol. The monoisotopic (exact) mass is 286 g/mol. The van der Waals surface area contributed by atoms with Crippen molar-refractivity contribution in [2.24, 2.45) is 5.92 Å². The first kappa shape index (κ1) is 13.1. The number of hydrogen-bond acceptors (Lipinski definition) is 3. The average Bonchev–Trinajstić information content (AvgIpc) is 3.22. The SMILES string of the molecule is c1c[nH]c(CN2CCOC3C(Cn4ccnc4)CCC32)c1. The molecule has 4 rings (SSSR count). The summed E-state index contributed by atoms with van der Waals surface area (Å²) in [4.78, 5) is 10.0. The Bertz CT molecular complexity index is 551. The van der Waals surface area contributed by atoms with Crippen LogP contribution < -0.4 is 0 Å². The first-order valence-electron chi connectivity index (χ1n) is 7.84. The van der Waals surface area contributed by atoms with Crippen LogP contribution in [0, 0.1) is 5.92 Å². The average molecular weight is 286 g/mol. The number of aromatic nitrogens is 3. The molecule has 1 aliphatic carbocycles. The molecule has 2 aromatic heterocycles. The molecule has 0 aromatic carbocycles. The fourth-order valence-corrected chi connectivity index (χ4v) is 3.88. The zero-order valence-corrected chi connectivity index (χ0v) is 12.2. The van der Waals surface area contributed by atoms with E-state index in [1.165, 1.54) is 18.5 Å². The second kappa shape index (κ2) is 5.66. The van der Waals surface area contributed by atoms with Crippen LogP contribution in [0.1, 0.15) is 18.5 Å². The zero-order valence-electron chi connectivity index (χ0n) is 12.2. The molecule has 0 bridgehead atoms. The molecule has 0 radical (unpaired) electrons. The quantitative estimate of drug-likeness (QED) is 0.933. The maximum absolute atomic E-state index is 6.13. The molecular weight excluding hydrogens is 264 g/mol. The smallest absolute Gasteiger partial charge is 0.0946 e. The van der Waals surface area contributed by atoms with Gasteiger partial charge >= 0.3 is 0 Å². The molecular formula is C16H22N4O. The summed E-state index contributed by atoms with van der Waals surface area (Å²) in [5.41, 5.74) is 1.30. The van der Waals surface area contributed by atoms with Crippen molar-refractivity contribution in [3.05, 3.63) is 42.7 Å². The summed E-state index contributed by atoms with van der Waals surface area (Å²) in [6, 6.07) is 4.81. The van der Waals surface area contributed by atoms with Gasteiger partial charge in [0.15, 0.2) is 0 Å². The van der Waals surface area contributed by atoms with Crippen LogP contribution >= 0.6 is 0 Å². The lowest BCUT2D eigenvalue weighted by Crippen LogP contribution is -2.50. The van der Waals surface area contributed by atoms with Crippen LogP contribution in [0.2, 0.25) is 0 Å². The Balaban J connectivity index is 1.44. The number of rotatable bonds is 4. The molecule has 0 amide bonds. The summed E-state index contributed by atoms with van der Waals surface area (Å²) in [6.45, 7) is 3.92. The van der Waals surface area contributed by atoms with Gasteiger partial charge in [0, 0.05) is 55.9 Å². The van der Waals surface area contributed by atoms with E-state index < -0.39 is 0 Å². The van der Waals surface area contributed by atoms with Gasteiger partial charge in [0.2, 0.25) is 0 Å². The predicted octanol–water partition coefficient (Wildman–Crippen LogP) is 1.89. The van der Waals surface area contributed by atoms with Crippen molar-refractivity contribution in [1.29, 1.82) is 0 Å². The number of hydrogen-bond donors (Lipinski definition) is 1. The van der Waals surface area contributed by atoms with E-state index >= 15 is 0 Å². The van der Waals surface area contributed by atoms with Crippen molar-refractivity contribution in [3.63, 3.8) is 0 Å². The number of fused-ring (bicyclic) bond motifs is 1. The van der Waals surface area contributed by atoms with Crippen molar-refractivity contribution in [2.45, 2.75) is 38.1 Å². The maximum atomic E-state index is 6.13. The van der Waals surface area contributed by atoms with Crippen molar-refractivity contribution in [2.75, 3.05) is 13.2 Å². The third-order valence-electron chi connectivity index (χ3n) is 4.88. The Hall–Kier alpha value is -1.59. The van der Waals surface area contributed by atoms with Gasteiger partial charge in [-0.3, -0.25) is 4.90 Å². The van der Waals surface area contributed by atoms with Crippen LogP contribution in [0.25, 0.3) is 0 Å². The molecule has 3 unspecified atom stereocenters. The molecule has 5 nitrogen and oxygen atoms in total.